The Morgan fingerprint density at radius 3 is 2.18 bits per heavy atom. The van der Waals surface area contributed by atoms with E-state index in [0.29, 0.717) is 19.4 Å². The van der Waals surface area contributed by atoms with E-state index in [4.69, 9.17) is 9.84 Å². The van der Waals surface area contributed by atoms with E-state index in [1.807, 2.05) is 31.2 Å². The minimum Gasteiger partial charge on any atom is -0.481 e. The van der Waals surface area contributed by atoms with Crippen LogP contribution >= 0.6 is 0 Å². The van der Waals surface area contributed by atoms with Gasteiger partial charge in [-0.1, -0.05) is 55.5 Å². The van der Waals surface area contributed by atoms with Crippen molar-refractivity contribution in [3.8, 4) is 11.1 Å². The van der Waals surface area contributed by atoms with Crippen molar-refractivity contribution in [2.45, 2.75) is 32.6 Å². The van der Waals surface area contributed by atoms with Crippen LogP contribution in [0.1, 0.15) is 43.7 Å². The summed E-state index contributed by atoms with van der Waals surface area (Å²) in [5.41, 5.74) is 3.81. The molecule has 3 N–H and O–H groups in total. The average Bonchev–Trinajstić information content (AvgIpc) is 3.55. The van der Waals surface area contributed by atoms with Crippen molar-refractivity contribution in [2.24, 2.45) is 17.3 Å². The Balaban J connectivity index is 1.30. The molecule has 0 saturated heterocycles. The maximum atomic E-state index is 12.7. The van der Waals surface area contributed by atoms with Gasteiger partial charge >= 0.3 is 12.1 Å². The molecule has 3 atom stereocenters. The average molecular weight is 451 g/mol. The van der Waals surface area contributed by atoms with Crippen LogP contribution in [0.25, 0.3) is 11.1 Å². The molecular weight excluding hydrogens is 420 g/mol. The van der Waals surface area contributed by atoms with E-state index in [1.54, 1.807) is 6.92 Å². The van der Waals surface area contributed by atoms with Gasteiger partial charge in [0.2, 0.25) is 5.91 Å². The lowest BCUT2D eigenvalue weighted by molar-refractivity contribution is -0.139. The number of carbonyl (C=O) groups excluding carboxylic acids is 2. The van der Waals surface area contributed by atoms with Gasteiger partial charge in [-0.05, 0) is 47.9 Å². The molecule has 2 aromatic rings. The predicted octanol–water partition coefficient (Wildman–Crippen LogP) is 3.78. The topological polar surface area (TPSA) is 105 Å². The zero-order chi connectivity index (χ0) is 23.6. The van der Waals surface area contributed by atoms with Crippen LogP contribution in [0.3, 0.4) is 0 Å². The first-order valence-corrected chi connectivity index (χ1v) is 11.4. The quantitative estimate of drug-likeness (QED) is 0.539. The normalized spacial score (nSPS) is 20.2. The van der Waals surface area contributed by atoms with Crippen molar-refractivity contribution in [3.63, 3.8) is 0 Å². The maximum absolute atomic E-state index is 12.7. The molecule has 0 bridgehead atoms. The fourth-order valence-electron chi connectivity index (χ4n) is 4.50. The summed E-state index contributed by atoms with van der Waals surface area (Å²) < 4.78 is 5.56. The van der Waals surface area contributed by atoms with E-state index in [0.717, 1.165) is 22.3 Å². The number of rotatable bonds is 9. The van der Waals surface area contributed by atoms with Crippen LogP contribution < -0.4 is 10.6 Å². The molecule has 7 heteroatoms. The number of ether oxygens (including phenoxy) is 1. The summed E-state index contributed by atoms with van der Waals surface area (Å²) in [5, 5.41) is 14.6. The summed E-state index contributed by atoms with van der Waals surface area (Å²) in [6.07, 6.45) is 0.559. The highest BCUT2D eigenvalue weighted by Gasteiger charge is 2.44. The van der Waals surface area contributed by atoms with Gasteiger partial charge in [-0.15, -0.1) is 0 Å². The van der Waals surface area contributed by atoms with E-state index in [2.05, 4.69) is 34.9 Å². The van der Waals surface area contributed by atoms with E-state index < -0.39 is 17.5 Å². The summed E-state index contributed by atoms with van der Waals surface area (Å²) in [6.45, 7) is 4.37. The summed E-state index contributed by atoms with van der Waals surface area (Å²) in [6, 6.07) is 16.3. The molecular formula is C26H30N2O5. The first-order valence-electron chi connectivity index (χ1n) is 11.4. The molecule has 174 valence electrons. The molecule has 1 saturated carbocycles. The van der Waals surface area contributed by atoms with E-state index in [9.17, 15) is 14.4 Å². The second-order valence-electron chi connectivity index (χ2n) is 9.24. The zero-order valence-corrected chi connectivity index (χ0v) is 19.0. The number of alkyl carbamates (subject to hydrolysis) is 1. The number of amides is 2. The fraction of sp³-hybridized carbons (Fsp3) is 0.423. The van der Waals surface area contributed by atoms with Crippen molar-refractivity contribution >= 4 is 18.0 Å². The van der Waals surface area contributed by atoms with Gasteiger partial charge in [0.1, 0.15) is 6.61 Å². The van der Waals surface area contributed by atoms with Gasteiger partial charge in [-0.25, -0.2) is 4.79 Å². The van der Waals surface area contributed by atoms with Crippen molar-refractivity contribution in [1.29, 1.82) is 0 Å². The standard InChI is InChI=1S/C26H30N2O5/c1-3-26(2,24(31)27-13-16-12-21(16)23(29)30)15-28-25(32)33-14-22-19-10-6-4-8-17(19)18-9-5-7-11-20(18)22/h4-11,16,21-22H,3,12-15H2,1-2H3,(H,27,31)(H,28,32)(H,29,30). The minimum absolute atomic E-state index is 0.0114. The monoisotopic (exact) mass is 450 g/mol. The van der Waals surface area contributed by atoms with Crippen LogP contribution in [0, 0.1) is 17.3 Å². The molecule has 7 nitrogen and oxygen atoms in total. The molecule has 2 aliphatic rings. The Hall–Kier alpha value is -3.35. The molecule has 2 amide bonds. The van der Waals surface area contributed by atoms with Crippen molar-refractivity contribution < 1.29 is 24.2 Å². The van der Waals surface area contributed by atoms with Gasteiger partial charge in [-0.3, -0.25) is 9.59 Å². The number of carboxylic acid groups (broad SMARTS) is 1. The van der Waals surface area contributed by atoms with Crippen LogP contribution in [0.2, 0.25) is 0 Å². The van der Waals surface area contributed by atoms with Gasteiger partial charge in [0.05, 0.1) is 11.3 Å². The summed E-state index contributed by atoms with van der Waals surface area (Å²) >= 11 is 0. The Kier molecular flexibility index (Phi) is 6.40. The van der Waals surface area contributed by atoms with E-state index in [-0.39, 0.29) is 36.8 Å². The smallest absolute Gasteiger partial charge is 0.407 e. The first kappa shape index (κ1) is 22.8. The van der Waals surface area contributed by atoms with Crippen LogP contribution in [-0.4, -0.2) is 42.8 Å². The highest BCUT2D eigenvalue weighted by molar-refractivity contribution is 5.83. The predicted molar refractivity (Wildman–Crippen MR) is 124 cm³/mol. The second-order valence-corrected chi connectivity index (χ2v) is 9.24. The molecule has 2 aliphatic carbocycles. The Morgan fingerprint density at radius 2 is 1.64 bits per heavy atom. The first-order chi connectivity index (χ1) is 15.8. The zero-order valence-electron chi connectivity index (χ0n) is 19.0. The van der Waals surface area contributed by atoms with Crippen LogP contribution in [-0.2, 0) is 14.3 Å². The number of fused-ring (bicyclic) bond motifs is 3. The maximum Gasteiger partial charge on any atom is 0.407 e. The second kappa shape index (κ2) is 9.25. The molecule has 0 aromatic heterocycles. The molecule has 1 fully saturated rings. The molecule has 0 heterocycles. The number of nitrogens with one attached hydrogen (secondary N) is 2. The van der Waals surface area contributed by atoms with E-state index in [1.165, 1.54) is 0 Å². The molecule has 3 unspecified atom stereocenters. The van der Waals surface area contributed by atoms with Crippen LogP contribution in [0.4, 0.5) is 4.79 Å². The highest BCUT2D eigenvalue weighted by Crippen LogP contribution is 2.44. The lowest BCUT2D eigenvalue weighted by Gasteiger charge is -2.27. The number of hydrogen-bond acceptors (Lipinski definition) is 4. The van der Waals surface area contributed by atoms with Crippen molar-refractivity contribution in [1.82, 2.24) is 10.6 Å². The lowest BCUT2D eigenvalue weighted by Crippen LogP contribution is -2.47. The summed E-state index contributed by atoms with van der Waals surface area (Å²) in [5.74, 6) is -1.41. The third-order valence-corrected chi connectivity index (χ3v) is 7.06. The number of hydrogen-bond donors (Lipinski definition) is 3. The third kappa shape index (κ3) is 4.72. The highest BCUT2D eigenvalue weighted by atomic mass is 16.5. The fourth-order valence-corrected chi connectivity index (χ4v) is 4.50. The van der Waals surface area contributed by atoms with Crippen LogP contribution in [0.15, 0.2) is 48.5 Å². The van der Waals surface area contributed by atoms with Gasteiger partial charge in [-0.2, -0.15) is 0 Å². The van der Waals surface area contributed by atoms with E-state index >= 15 is 0 Å². The lowest BCUT2D eigenvalue weighted by atomic mass is 9.86. The molecule has 0 spiro atoms. The Bertz CT molecular complexity index is 1020. The van der Waals surface area contributed by atoms with Gasteiger partial charge < -0.3 is 20.5 Å². The number of carboxylic acids is 1. The van der Waals surface area contributed by atoms with Crippen LogP contribution in [0.5, 0.6) is 0 Å². The van der Waals surface area contributed by atoms with Gasteiger partial charge in [0.15, 0.2) is 0 Å². The summed E-state index contributed by atoms with van der Waals surface area (Å²) in [4.78, 5) is 36.1. The number of aliphatic carboxylic acids is 1. The Morgan fingerprint density at radius 1 is 1.03 bits per heavy atom. The minimum atomic E-state index is -0.815. The number of benzene rings is 2. The number of carbonyl (C=O) groups is 3. The SMILES string of the molecule is CCC(C)(CNC(=O)OCC1c2ccccc2-c2ccccc21)C(=O)NCC1CC1C(=O)O. The van der Waals surface area contributed by atoms with Crippen molar-refractivity contribution in [3.05, 3.63) is 59.7 Å². The van der Waals surface area contributed by atoms with Crippen molar-refractivity contribution in [2.75, 3.05) is 19.7 Å². The van der Waals surface area contributed by atoms with Gasteiger partial charge in [0, 0.05) is 19.0 Å². The molecule has 0 radical (unpaired) electrons. The largest absolute Gasteiger partial charge is 0.481 e. The molecule has 2 aromatic carbocycles. The Labute approximate surface area is 193 Å². The third-order valence-electron chi connectivity index (χ3n) is 7.06. The summed E-state index contributed by atoms with van der Waals surface area (Å²) in [7, 11) is 0. The molecule has 0 aliphatic heterocycles. The molecule has 4 rings (SSSR count). The van der Waals surface area contributed by atoms with Gasteiger partial charge in [0.25, 0.3) is 0 Å². The molecule has 33 heavy (non-hydrogen) atoms.